The van der Waals surface area contributed by atoms with E-state index in [1.165, 1.54) is 10.9 Å². The SMILES string of the molecule is COc1ccc(Cl)c(-n2cnc3c(cc(-c4ccc(N5CCOCC5)nc4)n3-c3ccc(C)cc3)c2=O)c1C. The highest BCUT2D eigenvalue weighted by Crippen LogP contribution is 2.33. The molecule has 1 aliphatic heterocycles. The second kappa shape index (κ2) is 10.2. The quantitative estimate of drug-likeness (QED) is 0.298. The Balaban J connectivity index is 1.54. The molecule has 4 heterocycles. The molecule has 6 rings (SSSR count). The number of aromatic nitrogens is 4. The predicted octanol–water partition coefficient (Wildman–Crippen LogP) is 5.35. The first-order valence-corrected chi connectivity index (χ1v) is 13.2. The average molecular weight is 542 g/mol. The van der Waals surface area contributed by atoms with Gasteiger partial charge in [0, 0.05) is 36.1 Å². The number of aryl methyl sites for hydroxylation is 1. The van der Waals surface area contributed by atoms with Crippen LogP contribution in [-0.4, -0.2) is 52.5 Å². The average Bonchev–Trinajstić information content (AvgIpc) is 3.36. The van der Waals surface area contributed by atoms with Crippen LogP contribution in [0.3, 0.4) is 0 Å². The number of ether oxygens (including phenoxy) is 2. The Hall–Kier alpha value is -4.14. The number of pyridine rings is 1. The Labute approximate surface area is 231 Å². The molecule has 0 spiro atoms. The molecule has 0 aliphatic carbocycles. The molecule has 1 fully saturated rings. The number of benzene rings is 2. The zero-order chi connectivity index (χ0) is 27.1. The fourth-order valence-corrected chi connectivity index (χ4v) is 5.38. The number of hydrogen-bond donors (Lipinski definition) is 0. The number of nitrogens with zero attached hydrogens (tertiary/aromatic N) is 5. The third-order valence-electron chi connectivity index (χ3n) is 7.18. The normalized spacial score (nSPS) is 13.7. The highest BCUT2D eigenvalue weighted by Gasteiger charge is 2.21. The summed E-state index contributed by atoms with van der Waals surface area (Å²) >= 11 is 6.57. The van der Waals surface area contributed by atoms with Crippen molar-refractivity contribution in [2.75, 3.05) is 38.3 Å². The van der Waals surface area contributed by atoms with Crippen LogP contribution in [0.5, 0.6) is 5.75 Å². The molecule has 1 saturated heterocycles. The van der Waals surface area contributed by atoms with Crippen LogP contribution in [0.2, 0.25) is 5.02 Å². The van der Waals surface area contributed by atoms with Crippen molar-refractivity contribution in [1.82, 2.24) is 19.1 Å². The minimum atomic E-state index is -0.219. The molecule has 0 bridgehead atoms. The summed E-state index contributed by atoms with van der Waals surface area (Å²) in [7, 11) is 1.59. The summed E-state index contributed by atoms with van der Waals surface area (Å²) in [6, 6.07) is 17.6. The van der Waals surface area contributed by atoms with E-state index in [2.05, 4.69) is 4.90 Å². The molecule has 0 amide bonds. The summed E-state index contributed by atoms with van der Waals surface area (Å²) in [5.74, 6) is 1.55. The Bertz CT molecular complexity index is 1720. The molecule has 9 heteroatoms. The highest BCUT2D eigenvalue weighted by atomic mass is 35.5. The van der Waals surface area contributed by atoms with Crippen LogP contribution in [0.25, 0.3) is 33.7 Å². The van der Waals surface area contributed by atoms with Crippen molar-refractivity contribution < 1.29 is 9.47 Å². The van der Waals surface area contributed by atoms with Crippen LogP contribution in [0.4, 0.5) is 5.82 Å². The van der Waals surface area contributed by atoms with Gasteiger partial charge in [0.2, 0.25) is 0 Å². The van der Waals surface area contributed by atoms with Crippen LogP contribution in [0, 0.1) is 13.8 Å². The molecular weight excluding hydrogens is 514 g/mol. The van der Waals surface area contributed by atoms with Gasteiger partial charge in [0.1, 0.15) is 17.9 Å². The van der Waals surface area contributed by atoms with Gasteiger partial charge in [0.15, 0.2) is 5.65 Å². The zero-order valence-electron chi connectivity index (χ0n) is 22.0. The Morgan fingerprint density at radius 2 is 1.74 bits per heavy atom. The maximum absolute atomic E-state index is 14.0. The van der Waals surface area contributed by atoms with Gasteiger partial charge >= 0.3 is 0 Å². The van der Waals surface area contributed by atoms with Crippen molar-refractivity contribution >= 4 is 28.5 Å². The summed E-state index contributed by atoms with van der Waals surface area (Å²) in [4.78, 5) is 25.7. The topological polar surface area (TPSA) is 74.4 Å². The number of methoxy groups -OCH3 is 1. The van der Waals surface area contributed by atoms with Gasteiger partial charge in [0.25, 0.3) is 5.56 Å². The summed E-state index contributed by atoms with van der Waals surface area (Å²) in [6.45, 7) is 6.93. The van der Waals surface area contributed by atoms with E-state index in [1.54, 1.807) is 19.2 Å². The van der Waals surface area contributed by atoms with Crippen molar-refractivity contribution in [3.05, 3.63) is 93.6 Å². The predicted molar refractivity (Wildman–Crippen MR) is 154 cm³/mol. The van der Waals surface area contributed by atoms with Gasteiger partial charge < -0.3 is 14.4 Å². The molecule has 0 saturated carbocycles. The van der Waals surface area contributed by atoms with Crippen LogP contribution in [0.1, 0.15) is 11.1 Å². The van der Waals surface area contributed by atoms with Crippen molar-refractivity contribution in [2.45, 2.75) is 13.8 Å². The van der Waals surface area contributed by atoms with Crippen LogP contribution < -0.4 is 15.2 Å². The van der Waals surface area contributed by atoms with Gasteiger partial charge in [-0.3, -0.25) is 13.9 Å². The number of hydrogen-bond acceptors (Lipinski definition) is 6. The number of morpholine rings is 1. The van der Waals surface area contributed by atoms with Crippen molar-refractivity contribution in [2.24, 2.45) is 0 Å². The molecule has 8 nitrogen and oxygen atoms in total. The lowest BCUT2D eigenvalue weighted by molar-refractivity contribution is 0.122. The third-order valence-corrected chi connectivity index (χ3v) is 7.49. The molecule has 3 aromatic heterocycles. The molecule has 0 atom stereocenters. The second-order valence-corrected chi connectivity index (χ2v) is 9.99. The van der Waals surface area contributed by atoms with Crippen molar-refractivity contribution in [1.29, 1.82) is 0 Å². The maximum Gasteiger partial charge on any atom is 0.267 e. The lowest BCUT2D eigenvalue weighted by Crippen LogP contribution is -2.36. The van der Waals surface area contributed by atoms with Gasteiger partial charge in [-0.1, -0.05) is 29.3 Å². The van der Waals surface area contributed by atoms with Crippen LogP contribution in [-0.2, 0) is 4.74 Å². The van der Waals surface area contributed by atoms with Crippen molar-refractivity contribution in [3.8, 4) is 28.4 Å². The number of rotatable bonds is 5. The number of fused-ring (bicyclic) bond motifs is 1. The van der Waals surface area contributed by atoms with Gasteiger partial charge in [-0.2, -0.15) is 0 Å². The molecule has 0 unspecified atom stereocenters. The van der Waals surface area contributed by atoms with Crippen LogP contribution in [0.15, 0.2) is 71.9 Å². The first-order valence-electron chi connectivity index (χ1n) is 12.8. The van der Waals surface area contributed by atoms with E-state index in [0.29, 0.717) is 40.7 Å². The fraction of sp³-hybridized carbons (Fsp3) is 0.233. The van der Waals surface area contributed by atoms with E-state index >= 15 is 0 Å². The monoisotopic (exact) mass is 541 g/mol. The van der Waals surface area contributed by atoms with Gasteiger partial charge in [0.05, 0.1) is 42.1 Å². The molecule has 198 valence electrons. The third kappa shape index (κ3) is 4.45. The summed E-state index contributed by atoms with van der Waals surface area (Å²) < 4.78 is 14.4. The van der Waals surface area contributed by atoms with Gasteiger partial charge in [-0.25, -0.2) is 9.97 Å². The smallest absolute Gasteiger partial charge is 0.267 e. The Kier molecular flexibility index (Phi) is 6.58. The number of anilines is 1. The largest absolute Gasteiger partial charge is 0.496 e. The maximum atomic E-state index is 14.0. The molecule has 39 heavy (non-hydrogen) atoms. The van der Waals surface area contributed by atoms with E-state index in [0.717, 1.165) is 47.0 Å². The molecule has 0 radical (unpaired) electrons. The molecule has 2 aromatic carbocycles. The summed E-state index contributed by atoms with van der Waals surface area (Å²) in [6.07, 6.45) is 3.39. The molecule has 5 aromatic rings. The van der Waals surface area contributed by atoms with Crippen LogP contribution >= 0.6 is 11.6 Å². The minimum Gasteiger partial charge on any atom is -0.496 e. The first kappa shape index (κ1) is 25.2. The first-order chi connectivity index (χ1) is 19.0. The van der Waals surface area contributed by atoms with Gasteiger partial charge in [-0.05, 0) is 56.3 Å². The van der Waals surface area contributed by atoms with Crippen molar-refractivity contribution in [3.63, 3.8) is 0 Å². The fourth-order valence-electron chi connectivity index (χ4n) is 5.09. The van der Waals surface area contributed by atoms with E-state index in [9.17, 15) is 4.79 Å². The molecule has 1 aliphatic rings. The lowest BCUT2D eigenvalue weighted by Gasteiger charge is -2.27. The van der Waals surface area contributed by atoms with E-state index in [-0.39, 0.29) is 5.56 Å². The minimum absolute atomic E-state index is 0.219. The summed E-state index contributed by atoms with van der Waals surface area (Å²) in [5, 5.41) is 0.918. The van der Waals surface area contributed by atoms with E-state index in [1.807, 2.05) is 67.1 Å². The van der Waals surface area contributed by atoms with E-state index < -0.39 is 0 Å². The second-order valence-electron chi connectivity index (χ2n) is 9.59. The zero-order valence-corrected chi connectivity index (χ0v) is 22.8. The summed E-state index contributed by atoms with van der Waals surface area (Å²) in [5.41, 5.74) is 5.41. The lowest BCUT2D eigenvalue weighted by atomic mass is 10.1. The van der Waals surface area contributed by atoms with E-state index in [4.69, 9.17) is 31.0 Å². The Morgan fingerprint density at radius 1 is 0.974 bits per heavy atom. The van der Waals surface area contributed by atoms with Gasteiger partial charge in [-0.15, -0.1) is 0 Å². The Morgan fingerprint density at radius 3 is 2.44 bits per heavy atom. The number of halogens is 1. The molecular formula is C30H28ClN5O3. The highest BCUT2D eigenvalue weighted by molar-refractivity contribution is 6.32. The standard InChI is InChI=1S/C30H28ClN5O3/c1-19-4-7-22(8-5-19)36-25(21-6-11-27(32-17-21)34-12-14-39-15-13-34)16-23-29(36)33-18-35(30(23)37)28-20(2)26(38-3)10-9-24(28)31/h4-11,16-18H,12-15H2,1-3H3. The molecule has 0 N–H and O–H groups in total.